The molecule has 0 radical (unpaired) electrons. The van der Waals surface area contributed by atoms with Gasteiger partial charge in [-0.2, -0.15) is 0 Å². The van der Waals surface area contributed by atoms with Crippen molar-refractivity contribution in [1.29, 1.82) is 0 Å². The van der Waals surface area contributed by atoms with Crippen LogP contribution in [0, 0.1) is 6.92 Å². The molecule has 0 aliphatic heterocycles. The molecule has 0 unspecified atom stereocenters. The summed E-state index contributed by atoms with van der Waals surface area (Å²) >= 11 is 3.33. The summed E-state index contributed by atoms with van der Waals surface area (Å²) in [6.45, 7) is 7.76. The van der Waals surface area contributed by atoms with Gasteiger partial charge in [0.1, 0.15) is 0 Å². The topological polar surface area (TPSA) is 77.8 Å². The van der Waals surface area contributed by atoms with E-state index in [0.29, 0.717) is 5.56 Å². The zero-order valence-electron chi connectivity index (χ0n) is 16.8. The number of amides is 1. The third-order valence-corrected chi connectivity index (χ3v) is 3.68. The summed E-state index contributed by atoms with van der Waals surface area (Å²) in [7, 11) is 0. The van der Waals surface area contributed by atoms with Gasteiger partial charge in [-0.05, 0) is 55.8 Å². The maximum Gasteiger partial charge on any atom is 1.00 e. The predicted molar refractivity (Wildman–Crippen MR) is 115 cm³/mol. The monoisotopic (exact) mass is 476 g/mol. The molecule has 0 heterocycles. The molecule has 4 N–H and O–H groups in total. The third kappa shape index (κ3) is 11.6. The van der Waals surface area contributed by atoms with Crippen LogP contribution < -0.4 is 35.4 Å². The van der Waals surface area contributed by atoms with E-state index in [1.54, 1.807) is 6.07 Å². The summed E-state index contributed by atoms with van der Waals surface area (Å²) in [6, 6.07) is 17.5. The van der Waals surface area contributed by atoms with Crippen molar-refractivity contribution >= 4 is 46.7 Å². The fourth-order valence-corrected chi connectivity index (χ4v) is 2.06. The molecule has 0 atom stereocenters. The predicted octanol–water partition coefficient (Wildman–Crippen LogP) is 1.69. The van der Waals surface area contributed by atoms with Gasteiger partial charge in [-0.3, -0.25) is 9.80 Å². The minimum Gasteiger partial charge on any atom is -1.00 e. The van der Waals surface area contributed by atoms with Crippen LogP contribution in [0.2, 0.25) is 0 Å². The van der Waals surface area contributed by atoms with E-state index in [-0.39, 0.29) is 72.7 Å². The number of hydrogen-bond donors (Lipinski definition) is 1. The molecular weight excluding hydrogens is 450 g/mol. The van der Waals surface area contributed by atoms with Crippen LogP contribution in [0.25, 0.3) is 0 Å². The Balaban J connectivity index is -0.000000117. The third-order valence-electron chi connectivity index (χ3n) is 2.99. The van der Waals surface area contributed by atoms with Crippen molar-refractivity contribution in [3.63, 3.8) is 0 Å². The van der Waals surface area contributed by atoms with Crippen LogP contribution >= 0.6 is 40.7 Å². The molecule has 8 heteroatoms. The van der Waals surface area contributed by atoms with Crippen LogP contribution in [-0.2, 0) is 0 Å². The zero-order chi connectivity index (χ0) is 16.8. The number of hydrazine groups is 1. The molecule has 0 saturated heterocycles. The summed E-state index contributed by atoms with van der Waals surface area (Å²) in [5, 5.41) is 1.24. The van der Waals surface area contributed by atoms with Crippen molar-refractivity contribution in [2.75, 3.05) is 0 Å². The second-order valence-corrected chi connectivity index (χ2v) is 6.83. The van der Waals surface area contributed by atoms with Crippen LogP contribution in [0.5, 0.6) is 0 Å². The van der Waals surface area contributed by atoms with Crippen molar-refractivity contribution in [3.8, 4) is 0 Å². The van der Waals surface area contributed by atoms with Gasteiger partial charge < -0.3 is 6.90 Å². The largest absolute Gasteiger partial charge is 1.00 e. The van der Waals surface area contributed by atoms with Crippen LogP contribution in [0.15, 0.2) is 59.1 Å². The summed E-state index contributed by atoms with van der Waals surface area (Å²) in [4.78, 5) is 12.0. The number of halogens is 3. The Hall–Kier alpha value is -0.110. The van der Waals surface area contributed by atoms with E-state index in [0.717, 1.165) is 4.47 Å². The van der Waals surface area contributed by atoms with Crippen molar-refractivity contribution in [1.82, 2.24) is 5.01 Å². The van der Waals surface area contributed by atoms with Gasteiger partial charge in [0.2, 0.25) is 0 Å². The summed E-state index contributed by atoms with van der Waals surface area (Å²) in [6.07, 6.45) is 0. The second-order valence-electron chi connectivity index (χ2n) is 5.98. The number of hydrogen-bond acceptors (Lipinski definition) is 2. The minimum absolute atomic E-state index is 0. The SMILES string of the molecule is CC(C)(C)N(N)C(=O)c1ccccc1Br.Cc1ccccc1.Cl.Cl.O.[H-].[Na+]. The van der Waals surface area contributed by atoms with E-state index in [9.17, 15) is 4.79 Å². The maximum absolute atomic E-state index is 12.0. The van der Waals surface area contributed by atoms with Gasteiger partial charge in [0, 0.05) is 4.47 Å². The Bertz CT molecular complexity index is 632. The van der Waals surface area contributed by atoms with Crippen LogP contribution in [0.1, 0.15) is 38.1 Å². The van der Waals surface area contributed by atoms with Crippen LogP contribution in [0.4, 0.5) is 0 Å². The first-order chi connectivity index (χ1) is 10.2. The van der Waals surface area contributed by atoms with Crippen molar-refractivity contribution in [2.24, 2.45) is 5.84 Å². The normalized spacial score (nSPS) is 8.85. The Labute approximate surface area is 200 Å². The molecular formula is C18H28BrCl2N2NaO2. The fraction of sp³-hybridized carbons (Fsp3) is 0.278. The average molecular weight is 478 g/mol. The first-order valence-electron chi connectivity index (χ1n) is 7.09. The van der Waals surface area contributed by atoms with Gasteiger partial charge in [0.25, 0.3) is 5.91 Å². The molecule has 0 saturated carbocycles. The first-order valence-corrected chi connectivity index (χ1v) is 7.88. The average Bonchev–Trinajstić information content (AvgIpc) is 2.47. The molecule has 2 aromatic carbocycles. The number of carbonyl (C=O) groups excluding carboxylic acids is 1. The zero-order valence-corrected chi connectivity index (χ0v) is 21.0. The van der Waals surface area contributed by atoms with Crippen molar-refractivity contribution in [2.45, 2.75) is 33.2 Å². The van der Waals surface area contributed by atoms with Gasteiger partial charge in [-0.1, -0.05) is 48.0 Å². The number of nitrogens with two attached hydrogens (primary N) is 1. The Morgan fingerprint density at radius 3 is 1.77 bits per heavy atom. The van der Waals surface area contributed by atoms with Gasteiger partial charge in [0.15, 0.2) is 0 Å². The number of benzene rings is 2. The number of rotatable bonds is 1. The molecule has 1 amide bonds. The summed E-state index contributed by atoms with van der Waals surface area (Å²) < 4.78 is 0.759. The molecule has 0 bridgehead atoms. The van der Waals surface area contributed by atoms with Gasteiger partial charge in [-0.15, -0.1) is 24.8 Å². The molecule has 0 aromatic heterocycles. The molecule has 0 fully saturated rings. The van der Waals surface area contributed by atoms with Gasteiger partial charge in [-0.25, -0.2) is 5.84 Å². The van der Waals surface area contributed by atoms with Crippen LogP contribution in [0.3, 0.4) is 0 Å². The quantitative estimate of drug-likeness (QED) is 0.293. The van der Waals surface area contributed by atoms with E-state index in [1.165, 1.54) is 10.6 Å². The van der Waals surface area contributed by atoms with E-state index < -0.39 is 0 Å². The summed E-state index contributed by atoms with van der Waals surface area (Å²) in [5.41, 5.74) is 1.52. The molecule has 0 spiro atoms. The van der Waals surface area contributed by atoms with E-state index in [1.807, 2.05) is 57.2 Å². The smallest absolute Gasteiger partial charge is 1.00 e. The van der Waals surface area contributed by atoms with Gasteiger partial charge in [0.05, 0.1) is 11.1 Å². The molecule has 144 valence electrons. The summed E-state index contributed by atoms with van der Waals surface area (Å²) in [5.74, 6) is 5.57. The first kappa shape index (κ1) is 33.5. The number of aryl methyl sites for hydroxylation is 1. The van der Waals surface area contributed by atoms with E-state index >= 15 is 0 Å². The number of carbonyl (C=O) groups is 1. The maximum atomic E-state index is 12.0. The fourth-order valence-electron chi connectivity index (χ4n) is 1.60. The molecule has 2 aromatic rings. The van der Waals surface area contributed by atoms with Crippen LogP contribution in [-0.4, -0.2) is 21.9 Å². The Morgan fingerprint density at radius 1 is 1.00 bits per heavy atom. The molecule has 26 heavy (non-hydrogen) atoms. The van der Waals surface area contributed by atoms with E-state index in [4.69, 9.17) is 5.84 Å². The number of nitrogens with zero attached hydrogens (tertiary/aromatic N) is 1. The molecule has 0 aliphatic carbocycles. The second kappa shape index (κ2) is 15.9. The molecule has 4 nitrogen and oxygen atoms in total. The minimum atomic E-state index is -0.383. The van der Waals surface area contributed by atoms with E-state index in [2.05, 4.69) is 35.0 Å². The Kier molecular flexibility index (Phi) is 20.5. The standard InChI is InChI=1S/C11H15BrN2O.C7H8.2ClH.Na.H2O.H/c1-11(2,3)14(13)10(15)8-6-4-5-7-9(8)12;1-7-5-3-2-4-6-7;;;;;/h4-7H,13H2,1-3H3;2-6H,1H3;2*1H;;1H2;/q;;;;+1;;-1. The van der Waals surface area contributed by atoms with Crippen molar-refractivity contribution < 1.29 is 41.3 Å². The Morgan fingerprint density at radius 2 is 1.42 bits per heavy atom. The van der Waals surface area contributed by atoms with Crippen molar-refractivity contribution in [3.05, 3.63) is 70.2 Å². The molecule has 0 aliphatic rings. The van der Waals surface area contributed by atoms with Gasteiger partial charge >= 0.3 is 29.6 Å². The molecule has 2 rings (SSSR count).